The van der Waals surface area contributed by atoms with Crippen LogP contribution in [0.25, 0.3) is 17.1 Å². The van der Waals surface area contributed by atoms with Crippen molar-refractivity contribution in [1.82, 2.24) is 15.1 Å². The minimum absolute atomic E-state index is 0.0698. The standard InChI is InChI=1S/C20H23N3O2/c1-13(2)15(4)21-20(24)18-12-17(19-9-6-10-25-19)22-23(18)16-8-5-7-14(3)11-16/h5-13,15H,1-4H3,(H,21,24)/t15-/m1/s1. The molecule has 0 saturated heterocycles. The molecule has 5 heteroatoms. The van der Waals surface area contributed by atoms with E-state index in [4.69, 9.17) is 4.42 Å². The first-order chi connectivity index (χ1) is 12.0. The number of hydrogen-bond donors (Lipinski definition) is 1. The zero-order chi connectivity index (χ0) is 18.0. The van der Waals surface area contributed by atoms with Crippen LogP contribution in [0.2, 0.25) is 0 Å². The molecule has 1 aromatic carbocycles. The van der Waals surface area contributed by atoms with Crippen molar-refractivity contribution in [3.8, 4) is 17.1 Å². The van der Waals surface area contributed by atoms with Crippen LogP contribution in [0.5, 0.6) is 0 Å². The summed E-state index contributed by atoms with van der Waals surface area (Å²) in [6.07, 6.45) is 1.60. The van der Waals surface area contributed by atoms with E-state index >= 15 is 0 Å². The molecule has 3 rings (SSSR count). The van der Waals surface area contributed by atoms with Crippen LogP contribution in [0.4, 0.5) is 0 Å². The Labute approximate surface area is 147 Å². The quantitative estimate of drug-likeness (QED) is 0.758. The predicted octanol–water partition coefficient (Wildman–Crippen LogP) is 4.22. The molecule has 25 heavy (non-hydrogen) atoms. The van der Waals surface area contributed by atoms with E-state index < -0.39 is 0 Å². The van der Waals surface area contributed by atoms with E-state index in [9.17, 15) is 4.79 Å². The van der Waals surface area contributed by atoms with Crippen LogP contribution in [0.3, 0.4) is 0 Å². The van der Waals surface area contributed by atoms with Gasteiger partial charge >= 0.3 is 0 Å². The second-order valence-corrected chi connectivity index (χ2v) is 6.65. The molecule has 0 aliphatic rings. The van der Waals surface area contributed by atoms with E-state index in [0.29, 0.717) is 23.1 Å². The Morgan fingerprint density at radius 3 is 2.60 bits per heavy atom. The third-order valence-corrected chi connectivity index (χ3v) is 4.32. The third kappa shape index (κ3) is 3.65. The Kier molecular flexibility index (Phi) is 4.74. The molecule has 0 unspecified atom stereocenters. The molecule has 0 spiro atoms. The van der Waals surface area contributed by atoms with Gasteiger partial charge < -0.3 is 9.73 Å². The van der Waals surface area contributed by atoms with E-state index in [1.165, 1.54) is 0 Å². The molecule has 0 bridgehead atoms. The first-order valence-corrected chi connectivity index (χ1v) is 8.47. The van der Waals surface area contributed by atoms with Crippen molar-refractivity contribution in [2.24, 2.45) is 5.92 Å². The smallest absolute Gasteiger partial charge is 0.270 e. The molecule has 1 amide bonds. The predicted molar refractivity (Wildman–Crippen MR) is 97.8 cm³/mol. The molecule has 1 N–H and O–H groups in total. The lowest BCUT2D eigenvalue weighted by Gasteiger charge is -2.17. The van der Waals surface area contributed by atoms with Gasteiger partial charge in [-0.15, -0.1) is 0 Å². The minimum atomic E-state index is -0.145. The Morgan fingerprint density at radius 2 is 1.96 bits per heavy atom. The first kappa shape index (κ1) is 17.0. The summed E-state index contributed by atoms with van der Waals surface area (Å²) < 4.78 is 7.11. The number of aromatic nitrogens is 2. The highest BCUT2D eigenvalue weighted by Gasteiger charge is 2.21. The molecule has 1 atom stereocenters. The van der Waals surface area contributed by atoms with Gasteiger partial charge in [0.25, 0.3) is 5.91 Å². The Morgan fingerprint density at radius 1 is 1.16 bits per heavy atom. The number of carbonyl (C=O) groups excluding carboxylic acids is 1. The maximum atomic E-state index is 12.8. The average Bonchev–Trinajstić information content (AvgIpc) is 3.24. The number of furan rings is 1. The van der Waals surface area contributed by atoms with Gasteiger partial charge in [-0.25, -0.2) is 4.68 Å². The summed E-state index contributed by atoms with van der Waals surface area (Å²) in [7, 11) is 0. The molecular formula is C20H23N3O2. The number of nitrogens with zero attached hydrogens (tertiary/aromatic N) is 2. The van der Waals surface area contributed by atoms with Gasteiger partial charge in [0.1, 0.15) is 11.4 Å². The number of amides is 1. The van der Waals surface area contributed by atoms with Crippen LogP contribution in [-0.4, -0.2) is 21.7 Å². The van der Waals surface area contributed by atoms with Crippen LogP contribution >= 0.6 is 0 Å². The van der Waals surface area contributed by atoms with E-state index in [2.05, 4.69) is 24.3 Å². The molecule has 0 saturated carbocycles. The highest BCUT2D eigenvalue weighted by Crippen LogP contribution is 2.23. The van der Waals surface area contributed by atoms with Crippen LogP contribution in [-0.2, 0) is 0 Å². The van der Waals surface area contributed by atoms with Gasteiger partial charge in [0.2, 0.25) is 0 Å². The SMILES string of the molecule is Cc1cccc(-n2nc(-c3ccco3)cc2C(=O)N[C@H](C)C(C)C)c1. The third-order valence-electron chi connectivity index (χ3n) is 4.32. The van der Waals surface area contributed by atoms with Crippen LogP contribution in [0.1, 0.15) is 36.8 Å². The van der Waals surface area contributed by atoms with Crippen molar-refractivity contribution < 1.29 is 9.21 Å². The Hall–Kier alpha value is -2.82. The number of benzene rings is 1. The van der Waals surface area contributed by atoms with Gasteiger partial charge in [0.05, 0.1) is 12.0 Å². The average molecular weight is 337 g/mol. The van der Waals surface area contributed by atoms with Crippen molar-refractivity contribution in [3.63, 3.8) is 0 Å². The van der Waals surface area contributed by atoms with E-state index in [-0.39, 0.29) is 11.9 Å². The lowest BCUT2D eigenvalue weighted by Crippen LogP contribution is -2.37. The van der Waals surface area contributed by atoms with Gasteiger partial charge in [0.15, 0.2) is 5.76 Å². The maximum Gasteiger partial charge on any atom is 0.270 e. The molecular weight excluding hydrogens is 314 g/mol. The number of hydrogen-bond acceptors (Lipinski definition) is 3. The topological polar surface area (TPSA) is 60.1 Å². The normalized spacial score (nSPS) is 12.4. The lowest BCUT2D eigenvalue weighted by molar-refractivity contribution is 0.0922. The van der Waals surface area contributed by atoms with Crippen molar-refractivity contribution in [2.45, 2.75) is 33.7 Å². The Balaban J connectivity index is 2.04. The fraction of sp³-hybridized carbons (Fsp3) is 0.300. The summed E-state index contributed by atoms with van der Waals surface area (Å²) in [6, 6.07) is 13.4. The van der Waals surface area contributed by atoms with Gasteiger partial charge in [0, 0.05) is 12.1 Å². The van der Waals surface area contributed by atoms with E-state index in [1.54, 1.807) is 17.0 Å². The molecule has 0 aliphatic heterocycles. The van der Waals surface area contributed by atoms with Crippen molar-refractivity contribution in [1.29, 1.82) is 0 Å². The number of rotatable bonds is 5. The summed E-state index contributed by atoms with van der Waals surface area (Å²) >= 11 is 0. The highest BCUT2D eigenvalue weighted by atomic mass is 16.3. The Bertz CT molecular complexity index is 863. The minimum Gasteiger partial charge on any atom is -0.463 e. The van der Waals surface area contributed by atoms with Crippen molar-refractivity contribution in [3.05, 3.63) is 60.0 Å². The molecule has 0 fully saturated rings. The molecule has 2 heterocycles. The zero-order valence-electron chi connectivity index (χ0n) is 15.0. The molecule has 5 nitrogen and oxygen atoms in total. The van der Waals surface area contributed by atoms with Crippen LogP contribution in [0.15, 0.2) is 53.1 Å². The molecule has 2 aromatic heterocycles. The monoisotopic (exact) mass is 337 g/mol. The van der Waals surface area contributed by atoms with Gasteiger partial charge in [-0.3, -0.25) is 4.79 Å². The van der Waals surface area contributed by atoms with Gasteiger partial charge in [-0.1, -0.05) is 26.0 Å². The summed E-state index contributed by atoms with van der Waals surface area (Å²) in [5.41, 5.74) is 3.08. The summed E-state index contributed by atoms with van der Waals surface area (Å²) in [5.74, 6) is 0.842. The van der Waals surface area contributed by atoms with Crippen molar-refractivity contribution >= 4 is 5.91 Å². The summed E-state index contributed by atoms with van der Waals surface area (Å²) in [5, 5.41) is 7.65. The van der Waals surface area contributed by atoms with E-state index in [1.807, 2.05) is 50.2 Å². The van der Waals surface area contributed by atoms with Gasteiger partial charge in [-0.2, -0.15) is 5.10 Å². The molecule has 0 aliphatic carbocycles. The highest BCUT2D eigenvalue weighted by molar-refractivity contribution is 5.94. The number of carbonyl (C=O) groups is 1. The fourth-order valence-corrected chi connectivity index (χ4v) is 2.49. The number of nitrogens with one attached hydrogen (secondary N) is 1. The van der Waals surface area contributed by atoms with Crippen LogP contribution in [0, 0.1) is 12.8 Å². The van der Waals surface area contributed by atoms with E-state index in [0.717, 1.165) is 11.3 Å². The maximum absolute atomic E-state index is 12.8. The van der Waals surface area contributed by atoms with Crippen LogP contribution < -0.4 is 5.32 Å². The second kappa shape index (κ2) is 6.97. The first-order valence-electron chi connectivity index (χ1n) is 8.47. The molecule has 130 valence electrons. The summed E-state index contributed by atoms with van der Waals surface area (Å²) in [6.45, 7) is 8.18. The lowest BCUT2D eigenvalue weighted by atomic mass is 10.1. The largest absolute Gasteiger partial charge is 0.463 e. The zero-order valence-corrected chi connectivity index (χ0v) is 15.0. The number of aryl methyl sites for hydroxylation is 1. The van der Waals surface area contributed by atoms with Gasteiger partial charge in [-0.05, 0) is 49.6 Å². The fourth-order valence-electron chi connectivity index (χ4n) is 2.49. The molecule has 3 aromatic rings. The van der Waals surface area contributed by atoms with Crippen molar-refractivity contribution in [2.75, 3.05) is 0 Å². The second-order valence-electron chi connectivity index (χ2n) is 6.65. The molecule has 0 radical (unpaired) electrons. The summed E-state index contributed by atoms with van der Waals surface area (Å²) in [4.78, 5) is 12.8.